The summed E-state index contributed by atoms with van der Waals surface area (Å²) < 4.78 is 15.8. The van der Waals surface area contributed by atoms with E-state index in [9.17, 15) is 4.79 Å². The molecule has 0 amide bonds. The van der Waals surface area contributed by atoms with Crippen LogP contribution in [-0.2, 0) is 19.0 Å². The van der Waals surface area contributed by atoms with E-state index in [1.54, 1.807) is 14.2 Å². The number of carbonyl (C=O) groups is 1. The molecule has 2 bridgehead atoms. The van der Waals surface area contributed by atoms with Gasteiger partial charge in [0, 0.05) is 14.2 Å². The Bertz CT molecular complexity index is 365. The van der Waals surface area contributed by atoms with Gasteiger partial charge in [0.2, 0.25) is 0 Å². The van der Waals surface area contributed by atoms with Crippen molar-refractivity contribution in [3.8, 4) is 0 Å². The Morgan fingerprint density at radius 2 is 2.15 bits per heavy atom. The highest BCUT2D eigenvalue weighted by molar-refractivity contribution is 6.36. The average Bonchev–Trinajstić information content (AvgIpc) is 3.01. The summed E-state index contributed by atoms with van der Waals surface area (Å²) in [4.78, 5) is 12.1. The number of rotatable bonds is 8. The van der Waals surface area contributed by atoms with E-state index in [-0.39, 0.29) is 17.8 Å². The van der Waals surface area contributed by atoms with Crippen molar-refractivity contribution in [2.45, 2.75) is 38.1 Å². The van der Waals surface area contributed by atoms with E-state index in [0.717, 1.165) is 25.3 Å². The highest BCUT2D eigenvalue weighted by Gasteiger charge is 2.43. The van der Waals surface area contributed by atoms with Crippen LogP contribution in [0, 0.1) is 17.8 Å². The van der Waals surface area contributed by atoms with Gasteiger partial charge in [0.25, 0.3) is 0 Å². The summed E-state index contributed by atoms with van der Waals surface area (Å²) in [7, 11) is 2.95. The molecule has 20 heavy (non-hydrogen) atoms. The van der Waals surface area contributed by atoms with E-state index in [2.05, 4.69) is 13.0 Å². The van der Waals surface area contributed by atoms with E-state index >= 15 is 0 Å². The van der Waals surface area contributed by atoms with Crippen molar-refractivity contribution < 1.29 is 19.0 Å². The van der Waals surface area contributed by atoms with Crippen LogP contribution in [0.25, 0.3) is 0 Å². The lowest BCUT2D eigenvalue weighted by Gasteiger charge is -2.18. The molecule has 5 heteroatoms. The van der Waals surface area contributed by atoms with Crippen molar-refractivity contribution in [2.24, 2.45) is 17.8 Å². The van der Waals surface area contributed by atoms with Crippen LogP contribution < -0.4 is 0 Å². The molecule has 3 atom stereocenters. The highest BCUT2D eigenvalue weighted by Crippen LogP contribution is 2.47. The summed E-state index contributed by atoms with van der Waals surface area (Å²) in [6, 6.07) is 1.08. The topological polar surface area (TPSA) is 44.8 Å². The molecule has 1 fully saturated rings. The average molecular weight is 298 g/mol. The quantitative estimate of drug-likeness (QED) is 0.225. The van der Waals surface area contributed by atoms with E-state index in [4.69, 9.17) is 14.2 Å². The highest BCUT2D eigenvalue weighted by atomic mass is 28.2. The molecule has 0 aromatic carbocycles. The maximum Gasteiger partial charge on any atom is 0.309 e. The molecule has 114 valence electrons. The van der Waals surface area contributed by atoms with Crippen LogP contribution in [0.3, 0.4) is 0 Å². The van der Waals surface area contributed by atoms with Gasteiger partial charge in [-0.2, -0.15) is 0 Å². The summed E-state index contributed by atoms with van der Waals surface area (Å²) in [6.07, 6.45) is 5.35. The van der Waals surface area contributed by atoms with Crippen LogP contribution in [-0.4, -0.2) is 42.2 Å². The SMILES string of the molecule is COC(OC)[SiH2]CCCOC(=O)C1CC2CC1C=C2C. The third-order valence-corrected chi connectivity index (χ3v) is 6.69. The molecular weight excluding hydrogens is 272 g/mol. The summed E-state index contributed by atoms with van der Waals surface area (Å²) in [5, 5.41) is 0. The molecule has 2 aliphatic rings. The van der Waals surface area contributed by atoms with Crippen LogP contribution in [0.2, 0.25) is 6.04 Å². The fourth-order valence-corrected chi connectivity index (χ4v) is 4.69. The lowest BCUT2D eigenvalue weighted by atomic mass is 9.90. The van der Waals surface area contributed by atoms with Crippen LogP contribution in [0.15, 0.2) is 11.6 Å². The first-order chi connectivity index (χ1) is 9.65. The van der Waals surface area contributed by atoms with Crippen LogP contribution >= 0.6 is 0 Å². The zero-order valence-electron chi connectivity index (χ0n) is 12.8. The number of carbonyl (C=O) groups excluding carboxylic acids is 1. The van der Waals surface area contributed by atoms with E-state index < -0.39 is 9.52 Å². The van der Waals surface area contributed by atoms with Crippen LogP contribution in [0.1, 0.15) is 26.2 Å². The standard InChI is InChI=1S/C15H26O4Si/c1-10-7-12-8-11(10)9-13(12)14(16)19-5-4-6-20-15(17-2)18-3/h7,11-13,15H,4-6,8-9,20H2,1-3H3. The largest absolute Gasteiger partial charge is 0.465 e. The normalized spacial score (nSPS) is 28.6. The zero-order valence-corrected chi connectivity index (χ0v) is 14.2. The van der Waals surface area contributed by atoms with Crippen LogP contribution in [0.4, 0.5) is 0 Å². The Balaban J connectivity index is 1.60. The fraction of sp³-hybridized carbons (Fsp3) is 0.800. The summed E-state index contributed by atoms with van der Waals surface area (Å²) in [5.41, 5.74) is 1.47. The predicted octanol–water partition coefficient (Wildman–Crippen LogP) is 1.69. The van der Waals surface area contributed by atoms with Crippen molar-refractivity contribution in [3.05, 3.63) is 11.6 Å². The third kappa shape index (κ3) is 3.71. The number of hydrogen-bond donors (Lipinski definition) is 0. The van der Waals surface area contributed by atoms with Crippen molar-refractivity contribution in [1.29, 1.82) is 0 Å². The molecule has 0 saturated heterocycles. The van der Waals surface area contributed by atoms with Gasteiger partial charge >= 0.3 is 5.97 Å². The maximum absolute atomic E-state index is 12.1. The molecule has 1 saturated carbocycles. The molecule has 3 unspecified atom stereocenters. The molecule has 0 aromatic heterocycles. The zero-order chi connectivity index (χ0) is 14.5. The monoisotopic (exact) mass is 298 g/mol. The first-order valence-corrected chi connectivity index (χ1v) is 9.38. The number of esters is 1. The van der Waals surface area contributed by atoms with Gasteiger partial charge in [0.05, 0.1) is 22.0 Å². The summed E-state index contributed by atoms with van der Waals surface area (Å²) in [6.45, 7) is 2.72. The molecule has 0 aromatic rings. The Morgan fingerprint density at radius 1 is 1.40 bits per heavy atom. The molecular formula is C15H26O4Si. The Morgan fingerprint density at radius 3 is 2.70 bits per heavy atom. The van der Waals surface area contributed by atoms with Crippen molar-refractivity contribution in [1.82, 2.24) is 0 Å². The number of hydrogen-bond acceptors (Lipinski definition) is 4. The first kappa shape index (κ1) is 15.7. The summed E-state index contributed by atoms with van der Waals surface area (Å²) in [5.74, 6) is 1.19. The van der Waals surface area contributed by atoms with Gasteiger partial charge in [0.1, 0.15) is 5.91 Å². The number of ether oxygens (including phenoxy) is 3. The minimum atomic E-state index is -0.397. The maximum atomic E-state index is 12.1. The molecule has 2 aliphatic carbocycles. The second-order valence-electron chi connectivity index (χ2n) is 5.91. The molecule has 2 rings (SSSR count). The summed E-state index contributed by atoms with van der Waals surface area (Å²) >= 11 is 0. The minimum Gasteiger partial charge on any atom is -0.465 e. The van der Waals surface area contributed by atoms with E-state index in [0.29, 0.717) is 18.4 Å². The molecule has 0 N–H and O–H groups in total. The van der Waals surface area contributed by atoms with Gasteiger partial charge in [-0.05, 0) is 38.0 Å². The molecule has 0 spiro atoms. The van der Waals surface area contributed by atoms with Crippen molar-refractivity contribution in [2.75, 3.05) is 20.8 Å². The van der Waals surface area contributed by atoms with Crippen LogP contribution in [0.5, 0.6) is 0 Å². The minimum absolute atomic E-state index is 0.00983. The second kappa shape index (κ2) is 7.38. The van der Waals surface area contributed by atoms with Gasteiger partial charge in [-0.25, -0.2) is 0 Å². The van der Waals surface area contributed by atoms with E-state index in [1.165, 1.54) is 5.57 Å². The van der Waals surface area contributed by atoms with Crippen molar-refractivity contribution >= 4 is 15.5 Å². The Labute approximate surface area is 123 Å². The molecule has 0 aliphatic heterocycles. The number of allylic oxidation sites excluding steroid dienone is 2. The number of methoxy groups -OCH3 is 2. The molecule has 0 radical (unpaired) electrons. The molecule has 0 heterocycles. The Kier molecular flexibility index (Phi) is 5.81. The predicted molar refractivity (Wildman–Crippen MR) is 80.2 cm³/mol. The first-order valence-electron chi connectivity index (χ1n) is 7.56. The van der Waals surface area contributed by atoms with Crippen molar-refractivity contribution in [3.63, 3.8) is 0 Å². The second-order valence-corrected chi connectivity index (χ2v) is 7.86. The Hall–Kier alpha value is -0.653. The lowest BCUT2D eigenvalue weighted by Crippen LogP contribution is -2.24. The van der Waals surface area contributed by atoms with Gasteiger partial charge in [-0.3, -0.25) is 4.79 Å². The molecule has 4 nitrogen and oxygen atoms in total. The smallest absolute Gasteiger partial charge is 0.309 e. The number of fused-ring (bicyclic) bond motifs is 2. The third-order valence-electron chi connectivity index (χ3n) is 4.64. The fourth-order valence-electron chi connectivity index (χ4n) is 3.40. The van der Waals surface area contributed by atoms with Gasteiger partial charge in [-0.15, -0.1) is 0 Å². The van der Waals surface area contributed by atoms with Gasteiger partial charge in [0.15, 0.2) is 0 Å². The lowest BCUT2D eigenvalue weighted by molar-refractivity contribution is -0.149. The van der Waals surface area contributed by atoms with Gasteiger partial charge in [-0.1, -0.05) is 17.7 Å². The van der Waals surface area contributed by atoms with E-state index in [1.807, 2.05) is 0 Å². The van der Waals surface area contributed by atoms with Gasteiger partial charge < -0.3 is 14.2 Å².